The van der Waals surface area contributed by atoms with Crippen LogP contribution in [0.4, 0.5) is 0 Å². The lowest BCUT2D eigenvalue weighted by Crippen LogP contribution is -2.44. The standard InChI is InChI=1S/C19H34O2SSi/c1-13-11-16(22-12-19(7,8)20)14(2)15(3)17(13)21-23(9,10)18(4,5)6/h11,20H,12H2,1-10H3. The largest absolute Gasteiger partial charge is 0.543 e. The van der Waals surface area contributed by atoms with Crippen LogP contribution in [0.1, 0.15) is 51.3 Å². The van der Waals surface area contributed by atoms with Gasteiger partial charge in [-0.2, -0.15) is 0 Å². The fraction of sp³-hybridized carbons (Fsp3) is 0.684. The lowest BCUT2D eigenvalue weighted by atomic mass is 10.1. The third-order valence-electron chi connectivity index (χ3n) is 4.72. The van der Waals surface area contributed by atoms with Crippen molar-refractivity contribution < 1.29 is 9.53 Å². The molecule has 0 amide bonds. The Morgan fingerprint density at radius 1 is 1.04 bits per heavy atom. The van der Waals surface area contributed by atoms with Gasteiger partial charge in [-0.05, 0) is 75.5 Å². The summed E-state index contributed by atoms with van der Waals surface area (Å²) in [6.45, 7) is 21.5. The van der Waals surface area contributed by atoms with Crippen molar-refractivity contribution in [2.75, 3.05) is 5.75 Å². The predicted molar refractivity (Wildman–Crippen MR) is 105 cm³/mol. The van der Waals surface area contributed by atoms with E-state index >= 15 is 0 Å². The predicted octanol–water partition coefficient (Wildman–Crippen LogP) is 5.86. The van der Waals surface area contributed by atoms with Crippen LogP contribution in [0.2, 0.25) is 18.1 Å². The molecule has 0 bridgehead atoms. The van der Waals surface area contributed by atoms with Gasteiger partial charge in [0.2, 0.25) is 0 Å². The normalized spacial score (nSPS) is 13.3. The van der Waals surface area contributed by atoms with E-state index in [4.69, 9.17) is 4.43 Å². The fourth-order valence-electron chi connectivity index (χ4n) is 1.99. The minimum absolute atomic E-state index is 0.189. The molecule has 0 heterocycles. The summed E-state index contributed by atoms with van der Waals surface area (Å²) in [6, 6.07) is 2.21. The first-order chi connectivity index (χ1) is 10.2. The van der Waals surface area contributed by atoms with Gasteiger partial charge in [0.05, 0.1) is 5.60 Å². The minimum Gasteiger partial charge on any atom is -0.543 e. The van der Waals surface area contributed by atoms with Crippen molar-refractivity contribution in [1.82, 2.24) is 0 Å². The SMILES string of the molecule is Cc1cc(SCC(C)(C)O)c(C)c(C)c1O[Si](C)(C)C(C)(C)C. The molecule has 1 aromatic rings. The van der Waals surface area contributed by atoms with Gasteiger partial charge in [0, 0.05) is 10.6 Å². The van der Waals surface area contributed by atoms with Crippen LogP contribution in [-0.2, 0) is 0 Å². The number of aliphatic hydroxyl groups is 1. The van der Waals surface area contributed by atoms with E-state index in [2.05, 4.69) is 60.7 Å². The number of hydrogen-bond donors (Lipinski definition) is 1. The quantitative estimate of drug-likeness (QED) is 0.530. The molecular formula is C19H34O2SSi. The highest BCUT2D eigenvalue weighted by Gasteiger charge is 2.39. The van der Waals surface area contributed by atoms with Crippen molar-refractivity contribution in [1.29, 1.82) is 0 Å². The molecule has 0 saturated carbocycles. The molecule has 23 heavy (non-hydrogen) atoms. The molecule has 0 atom stereocenters. The summed E-state index contributed by atoms with van der Waals surface area (Å²) in [5.41, 5.74) is 3.03. The average Bonchev–Trinajstić information content (AvgIpc) is 2.35. The van der Waals surface area contributed by atoms with Gasteiger partial charge in [-0.15, -0.1) is 11.8 Å². The summed E-state index contributed by atoms with van der Waals surface area (Å²) in [5, 5.41) is 10.2. The summed E-state index contributed by atoms with van der Waals surface area (Å²) >= 11 is 1.72. The molecule has 1 N–H and O–H groups in total. The second-order valence-electron chi connectivity index (χ2n) is 8.73. The topological polar surface area (TPSA) is 29.5 Å². The zero-order valence-corrected chi connectivity index (χ0v) is 18.4. The van der Waals surface area contributed by atoms with Crippen LogP contribution in [-0.4, -0.2) is 24.8 Å². The maximum absolute atomic E-state index is 9.97. The van der Waals surface area contributed by atoms with Crippen molar-refractivity contribution in [2.45, 2.75) is 84.0 Å². The Morgan fingerprint density at radius 2 is 1.57 bits per heavy atom. The summed E-state index contributed by atoms with van der Waals surface area (Å²) in [5.74, 6) is 1.75. The van der Waals surface area contributed by atoms with Crippen LogP contribution < -0.4 is 4.43 Å². The van der Waals surface area contributed by atoms with E-state index in [1.165, 1.54) is 21.6 Å². The minimum atomic E-state index is -1.84. The molecule has 0 aliphatic rings. The van der Waals surface area contributed by atoms with Gasteiger partial charge < -0.3 is 9.53 Å². The van der Waals surface area contributed by atoms with Gasteiger partial charge in [-0.1, -0.05) is 20.8 Å². The lowest BCUT2D eigenvalue weighted by Gasteiger charge is -2.37. The molecule has 0 spiro atoms. The van der Waals surface area contributed by atoms with Crippen LogP contribution in [0.25, 0.3) is 0 Å². The molecule has 0 aromatic heterocycles. The van der Waals surface area contributed by atoms with E-state index in [1.54, 1.807) is 11.8 Å². The van der Waals surface area contributed by atoms with E-state index in [9.17, 15) is 5.11 Å². The molecule has 1 rings (SSSR count). The van der Waals surface area contributed by atoms with Gasteiger partial charge in [0.15, 0.2) is 0 Å². The molecule has 4 heteroatoms. The van der Waals surface area contributed by atoms with Crippen LogP contribution in [0.5, 0.6) is 5.75 Å². The maximum atomic E-state index is 9.97. The van der Waals surface area contributed by atoms with Crippen molar-refractivity contribution in [2.24, 2.45) is 0 Å². The van der Waals surface area contributed by atoms with Gasteiger partial charge in [0.25, 0.3) is 8.32 Å². The van der Waals surface area contributed by atoms with Gasteiger partial charge in [-0.3, -0.25) is 0 Å². The van der Waals surface area contributed by atoms with Crippen molar-refractivity contribution in [3.05, 3.63) is 22.8 Å². The zero-order chi connectivity index (χ0) is 18.2. The van der Waals surface area contributed by atoms with E-state index in [0.29, 0.717) is 5.75 Å². The number of hydrogen-bond acceptors (Lipinski definition) is 3. The highest BCUT2D eigenvalue weighted by molar-refractivity contribution is 7.99. The van der Waals surface area contributed by atoms with E-state index in [-0.39, 0.29) is 5.04 Å². The van der Waals surface area contributed by atoms with Crippen molar-refractivity contribution in [3.63, 3.8) is 0 Å². The first kappa shape index (κ1) is 20.6. The summed E-state index contributed by atoms with van der Waals surface area (Å²) in [7, 11) is -1.84. The molecule has 0 fully saturated rings. The third kappa shape index (κ3) is 5.26. The van der Waals surface area contributed by atoms with Crippen LogP contribution in [0, 0.1) is 20.8 Å². The Balaban J connectivity index is 3.17. The molecule has 0 radical (unpaired) electrons. The fourth-order valence-corrected chi connectivity index (χ4v) is 4.26. The summed E-state index contributed by atoms with van der Waals surface area (Å²) in [6.07, 6.45) is 0. The Labute approximate surface area is 148 Å². The summed E-state index contributed by atoms with van der Waals surface area (Å²) < 4.78 is 6.59. The monoisotopic (exact) mass is 354 g/mol. The Hall–Kier alpha value is -0.453. The molecule has 0 aliphatic carbocycles. The number of aryl methyl sites for hydroxylation is 1. The van der Waals surface area contributed by atoms with Gasteiger partial charge in [0.1, 0.15) is 5.75 Å². The first-order valence-electron chi connectivity index (χ1n) is 8.31. The summed E-state index contributed by atoms with van der Waals surface area (Å²) in [4.78, 5) is 1.24. The van der Waals surface area contributed by atoms with Gasteiger partial charge >= 0.3 is 0 Å². The molecule has 2 nitrogen and oxygen atoms in total. The Bertz CT molecular complexity index is 566. The average molecular weight is 355 g/mol. The lowest BCUT2D eigenvalue weighted by molar-refractivity contribution is 0.107. The molecule has 132 valence electrons. The third-order valence-corrected chi connectivity index (χ3v) is 10.6. The Kier molecular flexibility index (Phi) is 6.10. The zero-order valence-electron chi connectivity index (χ0n) is 16.5. The van der Waals surface area contributed by atoms with Crippen molar-refractivity contribution in [3.8, 4) is 5.75 Å². The highest BCUT2D eigenvalue weighted by Crippen LogP contribution is 2.41. The highest BCUT2D eigenvalue weighted by atomic mass is 32.2. The van der Waals surface area contributed by atoms with Crippen LogP contribution >= 0.6 is 11.8 Å². The molecule has 0 saturated heterocycles. The molecule has 0 aliphatic heterocycles. The maximum Gasteiger partial charge on any atom is 0.250 e. The smallest absolute Gasteiger partial charge is 0.250 e. The van der Waals surface area contributed by atoms with Crippen molar-refractivity contribution >= 4 is 20.1 Å². The van der Waals surface area contributed by atoms with E-state index in [1.807, 2.05) is 13.8 Å². The van der Waals surface area contributed by atoms with E-state index < -0.39 is 13.9 Å². The second kappa shape index (κ2) is 6.81. The number of benzene rings is 1. The molecular weight excluding hydrogens is 320 g/mol. The van der Waals surface area contributed by atoms with Crippen LogP contribution in [0.3, 0.4) is 0 Å². The molecule has 0 unspecified atom stereocenters. The number of rotatable bonds is 5. The second-order valence-corrected chi connectivity index (χ2v) is 14.5. The van der Waals surface area contributed by atoms with Gasteiger partial charge in [-0.25, -0.2) is 0 Å². The van der Waals surface area contributed by atoms with E-state index in [0.717, 1.165) is 5.75 Å². The number of thioether (sulfide) groups is 1. The molecule has 1 aromatic carbocycles. The first-order valence-corrected chi connectivity index (χ1v) is 12.2. The Morgan fingerprint density at radius 3 is 2.00 bits per heavy atom. The van der Waals surface area contributed by atoms with Crippen LogP contribution in [0.15, 0.2) is 11.0 Å².